The highest BCUT2D eigenvalue weighted by atomic mass is 35.5. The molecule has 148 valence electrons. The number of carbonyl (C=O) groups excluding carboxylic acids is 2. The minimum atomic E-state index is -0.206. The van der Waals surface area contributed by atoms with Crippen molar-refractivity contribution in [3.8, 4) is 0 Å². The normalized spacial score (nSPS) is 14.8. The Morgan fingerprint density at radius 3 is 2.43 bits per heavy atom. The van der Waals surface area contributed by atoms with Gasteiger partial charge in [-0.05, 0) is 37.1 Å². The molecule has 3 rings (SSSR count). The number of methoxy groups -OCH3 is 1. The zero-order valence-corrected chi connectivity index (χ0v) is 17.7. The first-order valence-electron chi connectivity index (χ1n) is 8.89. The number of likely N-dealkylation sites (tertiary alicyclic amines) is 1. The van der Waals surface area contributed by atoms with E-state index >= 15 is 0 Å². The first kappa shape index (κ1) is 21.0. The van der Waals surface area contributed by atoms with Crippen molar-refractivity contribution in [1.29, 1.82) is 0 Å². The fourth-order valence-corrected chi connectivity index (χ4v) is 4.68. The van der Waals surface area contributed by atoms with Gasteiger partial charge in [0.05, 0.1) is 28.8 Å². The summed E-state index contributed by atoms with van der Waals surface area (Å²) in [5, 5.41) is 1.19. The number of amides is 1. The van der Waals surface area contributed by atoms with Gasteiger partial charge in [0.2, 0.25) is 0 Å². The van der Waals surface area contributed by atoms with Gasteiger partial charge in [-0.25, -0.2) is 4.98 Å². The van der Waals surface area contributed by atoms with Crippen LogP contribution in [0.25, 0.3) is 0 Å². The van der Waals surface area contributed by atoms with E-state index in [0.717, 1.165) is 10.6 Å². The maximum atomic E-state index is 12.8. The highest BCUT2D eigenvalue weighted by molar-refractivity contribution is 7.98. The number of nitrogens with zero attached hydrogens (tertiary/aromatic N) is 2. The number of ether oxygens (including phenoxy) is 1. The highest BCUT2D eigenvalue weighted by Gasteiger charge is 2.28. The fraction of sp³-hybridized carbons (Fsp3) is 0.350. The lowest BCUT2D eigenvalue weighted by molar-refractivity contribution is -0.146. The van der Waals surface area contributed by atoms with E-state index in [2.05, 4.69) is 4.98 Å². The highest BCUT2D eigenvalue weighted by Crippen LogP contribution is 2.35. The number of pyridine rings is 1. The van der Waals surface area contributed by atoms with Crippen LogP contribution in [0.5, 0.6) is 0 Å². The van der Waals surface area contributed by atoms with E-state index in [4.69, 9.17) is 27.9 Å². The fourth-order valence-electron chi connectivity index (χ4n) is 3.09. The minimum Gasteiger partial charge on any atom is -0.469 e. The van der Waals surface area contributed by atoms with Gasteiger partial charge >= 0.3 is 5.97 Å². The molecule has 1 fully saturated rings. The number of rotatable bonds is 5. The maximum Gasteiger partial charge on any atom is 0.308 e. The number of piperidine rings is 1. The summed E-state index contributed by atoms with van der Waals surface area (Å²) in [6.07, 6.45) is 1.22. The molecule has 1 aliphatic heterocycles. The lowest BCUT2D eigenvalue weighted by atomic mass is 9.97. The number of hydrogen-bond donors (Lipinski definition) is 0. The molecular formula is C20H20Cl2N2O3S. The summed E-state index contributed by atoms with van der Waals surface area (Å²) < 4.78 is 4.79. The molecule has 28 heavy (non-hydrogen) atoms. The summed E-state index contributed by atoms with van der Waals surface area (Å²) >= 11 is 13.9. The van der Waals surface area contributed by atoms with Crippen LogP contribution in [0.3, 0.4) is 0 Å². The standard InChI is InChI=1S/C20H20Cl2N2O3S/c1-27-20(26)13-8-10-24(11-9-13)19(25)17-7-2-4-14(23-17)12-28-18-15(21)5-3-6-16(18)22/h2-7,13H,8-12H2,1H3. The van der Waals surface area contributed by atoms with Crippen molar-refractivity contribution in [3.63, 3.8) is 0 Å². The van der Waals surface area contributed by atoms with E-state index in [1.807, 2.05) is 12.1 Å². The molecule has 2 aromatic rings. The van der Waals surface area contributed by atoms with E-state index in [-0.39, 0.29) is 17.8 Å². The second-order valence-corrected chi connectivity index (χ2v) is 8.24. The SMILES string of the molecule is COC(=O)C1CCN(C(=O)c2cccc(CSc3c(Cl)cccc3Cl)n2)CC1. The van der Waals surface area contributed by atoms with Gasteiger partial charge in [-0.2, -0.15) is 0 Å². The molecule has 0 unspecified atom stereocenters. The van der Waals surface area contributed by atoms with Crippen molar-refractivity contribution in [2.24, 2.45) is 5.92 Å². The van der Waals surface area contributed by atoms with Gasteiger partial charge in [-0.3, -0.25) is 9.59 Å². The molecule has 2 heterocycles. The molecule has 0 aliphatic carbocycles. The van der Waals surface area contributed by atoms with E-state index in [0.29, 0.717) is 47.4 Å². The number of esters is 1. The first-order chi connectivity index (χ1) is 13.5. The van der Waals surface area contributed by atoms with Crippen LogP contribution in [0.15, 0.2) is 41.3 Å². The first-order valence-corrected chi connectivity index (χ1v) is 10.6. The second kappa shape index (κ2) is 9.63. The van der Waals surface area contributed by atoms with Crippen LogP contribution in [0, 0.1) is 5.92 Å². The lowest BCUT2D eigenvalue weighted by Gasteiger charge is -2.30. The second-order valence-electron chi connectivity index (χ2n) is 6.44. The monoisotopic (exact) mass is 438 g/mol. The van der Waals surface area contributed by atoms with Gasteiger partial charge < -0.3 is 9.64 Å². The number of thioether (sulfide) groups is 1. The van der Waals surface area contributed by atoms with Crippen molar-refractivity contribution < 1.29 is 14.3 Å². The maximum absolute atomic E-state index is 12.8. The minimum absolute atomic E-state index is 0.119. The van der Waals surface area contributed by atoms with Crippen LogP contribution in [-0.4, -0.2) is 42.0 Å². The Morgan fingerprint density at radius 2 is 1.79 bits per heavy atom. The lowest BCUT2D eigenvalue weighted by Crippen LogP contribution is -2.40. The molecule has 0 bridgehead atoms. The smallest absolute Gasteiger partial charge is 0.308 e. The Kier molecular flexibility index (Phi) is 7.21. The molecule has 1 aromatic carbocycles. The van der Waals surface area contributed by atoms with E-state index in [9.17, 15) is 9.59 Å². The average molecular weight is 439 g/mol. The quantitative estimate of drug-likeness (QED) is 0.499. The molecule has 1 aliphatic rings. The van der Waals surface area contributed by atoms with Gasteiger partial charge in [0.15, 0.2) is 0 Å². The van der Waals surface area contributed by atoms with Gasteiger partial charge in [0.25, 0.3) is 5.91 Å². The van der Waals surface area contributed by atoms with Crippen LogP contribution in [0.1, 0.15) is 29.0 Å². The largest absolute Gasteiger partial charge is 0.469 e. The van der Waals surface area contributed by atoms with Crippen molar-refractivity contribution in [2.45, 2.75) is 23.5 Å². The Hall–Kier alpha value is -1.76. The number of aromatic nitrogens is 1. The summed E-state index contributed by atoms with van der Waals surface area (Å²) in [4.78, 5) is 31.5. The molecular weight excluding hydrogens is 419 g/mol. The summed E-state index contributed by atoms with van der Waals surface area (Å²) in [5.41, 5.74) is 1.18. The van der Waals surface area contributed by atoms with E-state index in [1.165, 1.54) is 18.9 Å². The van der Waals surface area contributed by atoms with Crippen LogP contribution < -0.4 is 0 Å². The third-order valence-corrected chi connectivity index (χ3v) is 6.65. The molecule has 8 heteroatoms. The molecule has 1 saturated heterocycles. The third-order valence-electron chi connectivity index (χ3n) is 4.63. The summed E-state index contributed by atoms with van der Waals surface area (Å²) in [6.45, 7) is 1.04. The number of hydrogen-bond acceptors (Lipinski definition) is 5. The van der Waals surface area contributed by atoms with Gasteiger partial charge in [0.1, 0.15) is 5.69 Å². The zero-order valence-electron chi connectivity index (χ0n) is 15.4. The molecule has 0 radical (unpaired) electrons. The van der Waals surface area contributed by atoms with Gasteiger partial charge in [-0.15, -0.1) is 11.8 Å². The van der Waals surface area contributed by atoms with Crippen LogP contribution in [0.4, 0.5) is 0 Å². The third kappa shape index (κ3) is 4.99. The van der Waals surface area contributed by atoms with Crippen LogP contribution in [0.2, 0.25) is 10.0 Å². The molecule has 1 amide bonds. The Bertz CT molecular complexity index is 850. The zero-order chi connectivity index (χ0) is 20.1. The predicted octanol–water partition coefficient (Wildman–Crippen LogP) is 4.71. The number of carbonyl (C=O) groups is 2. The topological polar surface area (TPSA) is 59.5 Å². The summed E-state index contributed by atoms with van der Waals surface area (Å²) in [7, 11) is 1.39. The van der Waals surface area contributed by atoms with Crippen LogP contribution >= 0.6 is 35.0 Å². The Morgan fingerprint density at radius 1 is 1.14 bits per heavy atom. The molecule has 0 spiro atoms. The molecule has 0 saturated carbocycles. The van der Waals surface area contributed by atoms with Crippen LogP contribution in [-0.2, 0) is 15.3 Å². The number of benzene rings is 1. The van der Waals surface area contributed by atoms with Crippen molar-refractivity contribution in [2.75, 3.05) is 20.2 Å². The van der Waals surface area contributed by atoms with Gasteiger partial charge in [0, 0.05) is 23.7 Å². The number of halogens is 2. The average Bonchev–Trinajstić information content (AvgIpc) is 2.72. The Labute approximate surface area is 178 Å². The van der Waals surface area contributed by atoms with Crippen molar-refractivity contribution in [1.82, 2.24) is 9.88 Å². The predicted molar refractivity (Wildman–Crippen MR) is 111 cm³/mol. The summed E-state index contributed by atoms with van der Waals surface area (Å²) in [5.74, 6) is 0.0909. The van der Waals surface area contributed by atoms with Gasteiger partial charge in [-0.1, -0.05) is 35.3 Å². The summed E-state index contributed by atoms with van der Waals surface area (Å²) in [6, 6.07) is 10.8. The molecule has 0 atom stereocenters. The van der Waals surface area contributed by atoms with Crippen molar-refractivity contribution >= 4 is 46.8 Å². The van der Waals surface area contributed by atoms with Crippen molar-refractivity contribution in [3.05, 3.63) is 57.8 Å². The Balaban J connectivity index is 1.63. The molecule has 5 nitrogen and oxygen atoms in total. The van der Waals surface area contributed by atoms with E-state index in [1.54, 1.807) is 29.2 Å². The van der Waals surface area contributed by atoms with E-state index < -0.39 is 0 Å². The molecule has 1 aromatic heterocycles. The molecule has 0 N–H and O–H groups in total.